The minimum absolute atomic E-state index is 0.101. The third-order valence-electron chi connectivity index (χ3n) is 8.36. The number of nitrogen functional groups attached to an aromatic ring is 1. The summed E-state index contributed by atoms with van der Waals surface area (Å²) in [5.74, 6) is 1.29. The topological polar surface area (TPSA) is 114 Å². The van der Waals surface area contributed by atoms with Gasteiger partial charge in [-0.15, -0.1) is 0 Å². The van der Waals surface area contributed by atoms with E-state index in [2.05, 4.69) is 38.2 Å². The summed E-state index contributed by atoms with van der Waals surface area (Å²) in [7, 11) is 0. The van der Waals surface area contributed by atoms with E-state index in [0.717, 1.165) is 79.3 Å². The SMILES string of the molecule is CC(C)(C)OC(=O)NC1CCC(n2cc(-c3cccc(OCC45CCC(CC4)O5)c3)c3c(N)ncnc32)CC1. The molecule has 1 aromatic carbocycles. The average Bonchev–Trinajstić information content (AvgIpc) is 3.61. The predicted octanol–water partition coefficient (Wildman–Crippen LogP) is 5.78. The molecule has 9 nitrogen and oxygen atoms in total. The number of alkyl carbamates (subject to hydrolysis) is 1. The summed E-state index contributed by atoms with van der Waals surface area (Å²) in [6.45, 7) is 6.21. The number of nitrogens with two attached hydrogens (primary N) is 1. The number of benzene rings is 1. The Balaban J connectivity index is 1.20. The lowest BCUT2D eigenvalue weighted by molar-refractivity contribution is -0.0198. The van der Waals surface area contributed by atoms with Crippen molar-refractivity contribution in [1.82, 2.24) is 19.9 Å². The molecule has 4 heterocycles. The van der Waals surface area contributed by atoms with Crippen LogP contribution in [0.5, 0.6) is 5.75 Å². The van der Waals surface area contributed by atoms with E-state index >= 15 is 0 Å². The zero-order valence-electron chi connectivity index (χ0n) is 23.1. The molecule has 1 aliphatic carbocycles. The van der Waals surface area contributed by atoms with Crippen molar-refractivity contribution in [3.63, 3.8) is 0 Å². The monoisotopic (exact) mass is 533 g/mol. The molecule has 2 bridgehead atoms. The van der Waals surface area contributed by atoms with E-state index in [4.69, 9.17) is 19.9 Å². The minimum atomic E-state index is -0.507. The van der Waals surface area contributed by atoms with Crippen molar-refractivity contribution in [2.45, 2.75) is 102 Å². The summed E-state index contributed by atoms with van der Waals surface area (Å²) in [5, 5.41) is 3.89. The molecule has 2 aromatic heterocycles. The minimum Gasteiger partial charge on any atom is -0.491 e. The van der Waals surface area contributed by atoms with Crippen LogP contribution in [0.15, 0.2) is 36.8 Å². The average molecular weight is 534 g/mol. The Morgan fingerprint density at radius 1 is 1.15 bits per heavy atom. The van der Waals surface area contributed by atoms with Crippen molar-refractivity contribution in [3.05, 3.63) is 36.8 Å². The number of amides is 1. The van der Waals surface area contributed by atoms with E-state index in [0.29, 0.717) is 18.5 Å². The van der Waals surface area contributed by atoms with Crippen molar-refractivity contribution < 1.29 is 19.0 Å². The number of hydrogen-bond donors (Lipinski definition) is 2. The van der Waals surface area contributed by atoms with Crippen LogP contribution in [0, 0.1) is 0 Å². The molecule has 0 unspecified atom stereocenters. The third kappa shape index (κ3) is 5.41. The zero-order valence-corrected chi connectivity index (χ0v) is 23.1. The number of carbonyl (C=O) groups is 1. The first-order valence-corrected chi connectivity index (χ1v) is 14.2. The van der Waals surface area contributed by atoms with Gasteiger partial charge in [-0.2, -0.15) is 0 Å². The maximum Gasteiger partial charge on any atom is 0.407 e. The summed E-state index contributed by atoms with van der Waals surface area (Å²) in [5.41, 5.74) is 8.64. The van der Waals surface area contributed by atoms with Crippen molar-refractivity contribution in [1.29, 1.82) is 0 Å². The van der Waals surface area contributed by atoms with Crippen molar-refractivity contribution in [2.75, 3.05) is 12.3 Å². The van der Waals surface area contributed by atoms with E-state index in [1.807, 2.05) is 32.9 Å². The normalized spacial score (nSPS) is 26.6. The van der Waals surface area contributed by atoms with Gasteiger partial charge in [0.1, 0.15) is 41.4 Å². The number of nitrogens with one attached hydrogen (secondary N) is 1. The fourth-order valence-electron chi connectivity index (χ4n) is 6.43. The summed E-state index contributed by atoms with van der Waals surface area (Å²) < 4.78 is 20.2. The van der Waals surface area contributed by atoms with Gasteiger partial charge in [-0.3, -0.25) is 0 Å². The van der Waals surface area contributed by atoms with Crippen molar-refractivity contribution >= 4 is 22.9 Å². The summed E-state index contributed by atoms with van der Waals surface area (Å²) in [4.78, 5) is 21.2. The molecule has 0 radical (unpaired) electrons. The van der Waals surface area contributed by atoms with Crippen LogP contribution in [-0.4, -0.2) is 50.6 Å². The Kier molecular flexibility index (Phi) is 6.65. The first-order valence-electron chi connectivity index (χ1n) is 14.2. The lowest BCUT2D eigenvalue weighted by Crippen LogP contribution is -2.41. The second-order valence-corrected chi connectivity index (χ2v) is 12.4. The van der Waals surface area contributed by atoms with Gasteiger partial charge in [0.25, 0.3) is 0 Å². The van der Waals surface area contributed by atoms with Crippen LogP contribution in [0.25, 0.3) is 22.2 Å². The van der Waals surface area contributed by atoms with Gasteiger partial charge in [0, 0.05) is 23.8 Å². The second-order valence-electron chi connectivity index (χ2n) is 12.4. The highest BCUT2D eigenvalue weighted by atomic mass is 16.6. The first kappa shape index (κ1) is 25.9. The fourth-order valence-corrected chi connectivity index (χ4v) is 6.43. The molecule has 2 aliphatic heterocycles. The molecular formula is C30H39N5O4. The number of hydrogen-bond acceptors (Lipinski definition) is 7. The number of carbonyl (C=O) groups excluding carboxylic acids is 1. The molecule has 3 aliphatic rings. The van der Waals surface area contributed by atoms with Crippen LogP contribution in [0.1, 0.15) is 78.2 Å². The van der Waals surface area contributed by atoms with Gasteiger partial charge in [0.05, 0.1) is 11.5 Å². The van der Waals surface area contributed by atoms with Crippen molar-refractivity contribution in [3.8, 4) is 16.9 Å². The predicted molar refractivity (Wildman–Crippen MR) is 150 cm³/mol. The van der Waals surface area contributed by atoms with E-state index in [9.17, 15) is 4.79 Å². The van der Waals surface area contributed by atoms with Gasteiger partial charge < -0.3 is 29.8 Å². The smallest absolute Gasteiger partial charge is 0.407 e. The Morgan fingerprint density at radius 2 is 1.92 bits per heavy atom. The third-order valence-corrected chi connectivity index (χ3v) is 8.36. The Bertz CT molecular complexity index is 1350. The van der Waals surface area contributed by atoms with Gasteiger partial charge in [-0.05, 0) is 89.8 Å². The second kappa shape index (κ2) is 10.0. The van der Waals surface area contributed by atoms with Gasteiger partial charge in [-0.25, -0.2) is 14.8 Å². The van der Waals surface area contributed by atoms with Crippen LogP contribution in [-0.2, 0) is 9.47 Å². The highest BCUT2D eigenvalue weighted by Crippen LogP contribution is 2.44. The number of ether oxygens (including phenoxy) is 3. The molecule has 0 atom stereocenters. The van der Waals surface area contributed by atoms with Gasteiger partial charge >= 0.3 is 6.09 Å². The molecule has 0 spiro atoms. The largest absolute Gasteiger partial charge is 0.491 e. The van der Waals surface area contributed by atoms with E-state index in [1.165, 1.54) is 6.33 Å². The number of aromatic nitrogens is 3. The molecule has 3 aromatic rings. The molecule has 1 saturated carbocycles. The molecule has 208 valence electrons. The van der Waals surface area contributed by atoms with Crippen LogP contribution >= 0.6 is 0 Å². The number of fused-ring (bicyclic) bond motifs is 3. The summed E-state index contributed by atoms with van der Waals surface area (Å²) in [6, 6.07) is 8.53. The molecule has 1 amide bonds. The lowest BCUT2D eigenvalue weighted by atomic mass is 9.89. The number of rotatable bonds is 6. The zero-order chi connectivity index (χ0) is 27.2. The summed E-state index contributed by atoms with van der Waals surface area (Å²) >= 11 is 0. The Morgan fingerprint density at radius 3 is 2.62 bits per heavy atom. The Hall–Kier alpha value is -3.33. The summed E-state index contributed by atoms with van der Waals surface area (Å²) in [6.07, 6.45) is 11.8. The molecule has 3 fully saturated rings. The number of nitrogens with zero attached hydrogens (tertiary/aromatic N) is 3. The fraction of sp³-hybridized carbons (Fsp3) is 0.567. The van der Waals surface area contributed by atoms with Crippen LogP contribution in [0.2, 0.25) is 0 Å². The van der Waals surface area contributed by atoms with Gasteiger partial charge in [0.2, 0.25) is 0 Å². The standard InChI is InChI=1S/C30H39N5O4/c1-29(2,3)39-28(36)34-20-7-9-21(10-8-20)35-16-24(25-26(31)32-18-33-27(25)35)19-5-4-6-23(15-19)37-17-30-13-11-22(38-30)12-14-30/h4-6,15-16,18,20-22H,7-14,17H2,1-3H3,(H,34,36)(H2,31,32,33). The highest BCUT2D eigenvalue weighted by Gasteiger charge is 2.46. The molecule has 3 N–H and O–H groups in total. The quantitative estimate of drug-likeness (QED) is 0.413. The lowest BCUT2D eigenvalue weighted by Gasteiger charge is -2.31. The van der Waals surface area contributed by atoms with E-state index in [-0.39, 0.29) is 23.8 Å². The van der Waals surface area contributed by atoms with Gasteiger partial charge in [-0.1, -0.05) is 12.1 Å². The van der Waals surface area contributed by atoms with Crippen LogP contribution in [0.4, 0.5) is 10.6 Å². The van der Waals surface area contributed by atoms with Crippen LogP contribution in [0.3, 0.4) is 0 Å². The molecular weight excluding hydrogens is 494 g/mol. The molecule has 2 saturated heterocycles. The maximum atomic E-state index is 12.2. The number of anilines is 1. The Labute approximate surface area is 229 Å². The maximum absolute atomic E-state index is 12.2. The van der Waals surface area contributed by atoms with E-state index in [1.54, 1.807) is 0 Å². The first-order chi connectivity index (χ1) is 18.7. The van der Waals surface area contributed by atoms with E-state index < -0.39 is 5.60 Å². The van der Waals surface area contributed by atoms with Gasteiger partial charge in [0.15, 0.2) is 0 Å². The molecule has 39 heavy (non-hydrogen) atoms. The molecule has 9 heteroatoms. The molecule has 6 rings (SSSR count). The van der Waals surface area contributed by atoms with Crippen molar-refractivity contribution in [2.24, 2.45) is 0 Å². The highest BCUT2D eigenvalue weighted by molar-refractivity contribution is 6.00. The van der Waals surface area contributed by atoms with Crippen LogP contribution < -0.4 is 15.8 Å².